The Kier molecular flexibility index (Phi) is 6.65. The number of ketones is 2. The molecule has 11 heavy (non-hydrogen) atoms. The van der Waals surface area contributed by atoms with Gasteiger partial charge in [0.2, 0.25) is 5.78 Å². The summed E-state index contributed by atoms with van der Waals surface area (Å²) in [4.78, 5) is 19.9. The summed E-state index contributed by atoms with van der Waals surface area (Å²) in [5.74, 6) is -2.76. The van der Waals surface area contributed by atoms with E-state index in [0.29, 0.717) is 0 Å². The number of halogens is 3. The van der Waals surface area contributed by atoms with Gasteiger partial charge in [0.15, 0.2) is 0 Å². The molecule has 1 radical (unpaired) electrons. The molecule has 0 heterocycles. The summed E-state index contributed by atoms with van der Waals surface area (Å²) < 4.78 is 33.9. The van der Waals surface area contributed by atoms with Crippen molar-refractivity contribution in [2.75, 3.05) is 0 Å². The van der Waals surface area contributed by atoms with Crippen LogP contribution in [0.1, 0.15) is 13.3 Å². The van der Waals surface area contributed by atoms with E-state index in [2.05, 4.69) is 0 Å². The van der Waals surface area contributed by atoms with E-state index in [9.17, 15) is 22.8 Å². The summed E-state index contributed by atoms with van der Waals surface area (Å²) >= 11 is 0. The van der Waals surface area contributed by atoms with Crippen molar-refractivity contribution in [3.63, 3.8) is 0 Å². The molecule has 0 aliphatic carbocycles. The molecule has 0 aromatic carbocycles. The van der Waals surface area contributed by atoms with E-state index in [-0.39, 0.29) is 41.7 Å². The van der Waals surface area contributed by atoms with Gasteiger partial charge in [-0.15, -0.1) is 0 Å². The van der Waals surface area contributed by atoms with Crippen LogP contribution < -0.4 is 0 Å². The number of rotatable bonds is 2. The Morgan fingerprint density at radius 2 is 1.64 bits per heavy atom. The van der Waals surface area contributed by atoms with Gasteiger partial charge in [-0.2, -0.15) is 13.2 Å². The van der Waals surface area contributed by atoms with E-state index in [0.717, 1.165) is 6.92 Å². The third kappa shape index (κ3) is 6.89. The maximum absolute atomic E-state index is 11.3. The summed E-state index contributed by atoms with van der Waals surface area (Å²) in [5.41, 5.74) is 0. The van der Waals surface area contributed by atoms with Crippen LogP contribution in [0.25, 0.3) is 0 Å². The average Bonchev–Trinajstić information content (AvgIpc) is 1.60. The first-order valence-electron chi connectivity index (χ1n) is 2.43. The fourth-order valence-corrected chi connectivity index (χ4v) is 0.326. The Hall–Kier alpha value is 0.507. The second-order valence-corrected chi connectivity index (χ2v) is 1.80. The first-order chi connectivity index (χ1) is 4.34. The Morgan fingerprint density at radius 3 is 1.73 bits per heavy atom. The van der Waals surface area contributed by atoms with Gasteiger partial charge in [0, 0.05) is 0 Å². The van der Waals surface area contributed by atoms with Gasteiger partial charge < -0.3 is 0 Å². The van der Waals surface area contributed by atoms with Crippen LogP contribution in [0.5, 0.6) is 0 Å². The smallest absolute Gasteiger partial charge is 0.300 e. The molecule has 6 heteroatoms. The SMILES string of the molecule is CC(=O)CC(=O)C(F)(F)F.[Ce+3]. The number of carbonyl (C=O) groups is 2. The number of hydrogen-bond donors (Lipinski definition) is 0. The third-order valence-corrected chi connectivity index (χ3v) is 0.726. The van der Waals surface area contributed by atoms with Crippen molar-refractivity contribution in [2.45, 2.75) is 19.5 Å². The molecule has 0 aromatic heterocycles. The van der Waals surface area contributed by atoms with Crippen LogP contribution in [-0.4, -0.2) is 17.7 Å². The fourth-order valence-electron chi connectivity index (χ4n) is 0.326. The standard InChI is InChI=1S/C5H5F3O2.Ce/c1-3(9)2-4(10)5(6,7)8;/h2H2,1H3;/q;+3. The average molecular weight is 294 g/mol. The van der Waals surface area contributed by atoms with E-state index in [4.69, 9.17) is 0 Å². The molecule has 0 saturated carbocycles. The predicted molar refractivity (Wildman–Crippen MR) is 26.4 cm³/mol. The summed E-state index contributed by atoms with van der Waals surface area (Å²) in [6, 6.07) is 0. The van der Waals surface area contributed by atoms with Gasteiger partial charge in [-0.3, -0.25) is 9.59 Å². The predicted octanol–water partition coefficient (Wildman–Crippen LogP) is 1.10. The maximum Gasteiger partial charge on any atom is 3.00 e. The van der Waals surface area contributed by atoms with Crippen LogP contribution in [0.4, 0.5) is 13.2 Å². The molecule has 59 valence electrons. The van der Waals surface area contributed by atoms with Crippen molar-refractivity contribution in [2.24, 2.45) is 0 Å². The van der Waals surface area contributed by atoms with E-state index in [1.807, 2.05) is 0 Å². The molecule has 0 aliphatic heterocycles. The van der Waals surface area contributed by atoms with Crippen LogP contribution in [-0.2, 0) is 9.59 Å². The summed E-state index contributed by atoms with van der Waals surface area (Å²) in [6.45, 7) is 0.934. The molecule has 0 amide bonds. The zero-order valence-electron chi connectivity index (χ0n) is 5.66. The minimum absolute atomic E-state index is 0. The largest absolute Gasteiger partial charge is 3.00 e. The Labute approximate surface area is 94.9 Å². The van der Waals surface area contributed by atoms with E-state index < -0.39 is 24.2 Å². The number of hydrogen-bond acceptors (Lipinski definition) is 2. The molecule has 0 saturated heterocycles. The first-order valence-corrected chi connectivity index (χ1v) is 2.43. The van der Waals surface area contributed by atoms with E-state index >= 15 is 0 Å². The molecule has 0 N–H and O–H groups in total. The number of alkyl halides is 3. The van der Waals surface area contributed by atoms with Gasteiger partial charge in [-0.05, 0) is 6.92 Å². The van der Waals surface area contributed by atoms with Crippen LogP contribution in [0.3, 0.4) is 0 Å². The molecule has 0 bridgehead atoms. The van der Waals surface area contributed by atoms with Crippen LogP contribution in [0.15, 0.2) is 0 Å². The minimum atomic E-state index is -4.87. The molecular weight excluding hydrogens is 289 g/mol. The van der Waals surface area contributed by atoms with Crippen molar-refractivity contribution in [1.82, 2.24) is 0 Å². The van der Waals surface area contributed by atoms with E-state index in [1.165, 1.54) is 0 Å². The molecular formula is C5H5CeF3O2+3. The van der Waals surface area contributed by atoms with Gasteiger partial charge in [-0.25, -0.2) is 0 Å². The molecule has 0 aliphatic rings. The molecule has 2 nitrogen and oxygen atoms in total. The Morgan fingerprint density at radius 1 is 1.27 bits per heavy atom. The molecule has 0 unspecified atom stereocenters. The van der Waals surface area contributed by atoms with Crippen molar-refractivity contribution in [3.05, 3.63) is 0 Å². The normalized spacial score (nSPS) is 10.2. The maximum atomic E-state index is 11.3. The van der Waals surface area contributed by atoms with Crippen LogP contribution in [0, 0.1) is 41.7 Å². The quantitative estimate of drug-likeness (QED) is 0.715. The van der Waals surface area contributed by atoms with Crippen molar-refractivity contribution in [1.29, 1.82) is 0 Å². The van der Waals surface area contributed by atoms with Gasteiger partial charge in [0.1, 0.15) is 5.78 Å². The van der Waals surface area contributed by atoms with Crippen LogP contribution >= 0.6 is 0 Å². The topological polar surface area (TPSA) is 34.1 Å². The van der Waals surface area contributed by atoms with Crippen molar-refractivity contribution in [3.8, 4) is 0 Å². The van der Waals surface area contributed by atoms with E-state index in [1.54, 1.807) is 0 Å². The van der Waals surface area contributed by atoms with Gasteiger partial charge >= 0.3 is 47.9 Å². The Balaban J connectivity index is 0. The summed E-state index contributed by atoms with van der Waals surface area (Å²) in [6.07, 6.45) is -5.92. The second-order valence-electron chi connectivity index (χ2n) is 1.80. The first kappa shape index (κ1) is 14.1. The fraction of sp³-hybridized carbons (Fsp3) is 0.600. The van der Waals surface area contributed by atoms with Gasteiger partial charge in [0.25, 0.3) is 0 Å². The summed E-state index contributed by atoms with van der Waals surface area (Å²) in [5, 5.41) is 0. The molecule has 0 fully saturated rings. The zero-order chi connectivity index (χ0) is 8.36. The second kappa shape index (κ2) is 5.21. The van der Waals surface area contributed by atoms with Gasteiger partial charge in [0.05, 0.1) is 6.42 Å². The third-order valence-electron chi connectivity index (χ3n) is 0.726. The number of carbonyl (C=O) groups excluding carboxylic acids is 2. The summed E-state index contributed by atoms with van der Waals surface area (Å²) in [7, 11) is 0. The molecule has 0 atom stereocenters. The van der Waals surface area contributed by atoms with Gasteiger partial charge in [-0.1, -0.05) is 0 Å². The monoisotopic (exact) mass is 294 g/mol. The minimum Gasteiger partial charge on any atom is -0.300 e. The van der Waals surface area contributed by atoms with Crippen LogP contribution in [0.2, 0.25) is 0 Å². The zero-order valence-corrected chi connectivity index (χ0v) is 8.80. The number of Topliss-reactive ketones (excluding diaryl/α,β-unsaturated/α-hetero) is 2. The molecule has 0 spiro atoms. The van der Waals surface area contributed by atoms with Crippen molar-refractivity contribution >= 4 is 11.6 Å². The Bertz CT molecular complexity index is 164. The molecule has 0 rings (SSSR count). The molecule has 0 aromatic rings. The van der Waals surface area contributed by atoms with Crippen molar-refractivity contribution < 1.29 is 64.5 Å².